The Kier molecular flexibility index (Phi) is 5.83. The van der Waals surface area contributed by atoms with Crippen molar-refractivity contribution in [2.45, 2.75) is 11.8 Å². The van der Waals surface area contributed by atoms with Crippen molar-refractivity contribution in [1.29, 1.82) is 0 Å². The van der Waals surface area contributed by atoms with Gasteiger partial charge in [-0.25, -0.2) is 4.98 Å². The van der Waals surface area contributed by atoms with Crippen LogP contribution in [0.5, 0.6) is 0 Å². The molecular formula is C25H18ClN3OS2. The van der Waals surface area contributed by atoms with E-state index >= 15 is 0 Å². The maximum atomic E-state index is 13.4. The first-order valence-electron chi connectivity index (χ1n) is 10.0. The SMILES string of the molecule is Cc1ccc(C=C2C(=O)N(c3nc4ccccc4s3)N=C2CSc2ccc(Cl)cc2)cc1. The molecule has 0 bridgehead atoms. The summed E-state index contributed by atoms with van der Waals surface area (Å²) in [4.78, 5) is 19.1. The standard InChI is InChI=1S/C25H18ClN3OS2/c1-16-6-8-17(9-7-16)14-20-22(15-31-19-12-10-18(26)11-13-19)28-29(24(20)30)25-27-21-4-2-3-5-23(21)32-25/h2-14H,15H2,1H3. The van der Waals surface area contributed by atoms with E-state index in [1.165, 1.54) is 21.9 Å². The number of carbonyl (C=O) groups excluding carboxylic acids is 1. The minimum atomic E-state index is -0.156. The van der Waals surface area contributed by atoms with Crippen molar-refractivity contribution >= 4 is 67.7 Å². The van der Waals surface area contributed by atoms with Crippen LogP contribution in [-0.2, 0) is 4.79 Å². The zero-order chi connectivity index (χ0) is 22.1. The van der Waals surface area contributed by atoms with Gasteiger partial charge in [-0.05, 0) is 55.0 Å². The fourth-order valence-electron chi connectivity index (χ4n) is 3.30. The van der Waals surface area contributed by atoms with Crippen molar-refractivity contribution in [3.05, 3.63) is 94.5 Å². The minimum absolute atomic E-state index is 0.156. The van der Waals surface area contributed by atoms with Crippen molar-refractivity contribution in [2.75, 3.05) is 10.8 Å². The van der Waals surface area contributed by atoms with Crippen molar-refractivity contribution in [3.63, 3.8) is 0 Å². The van der Waals surface area contributed by atoms with Crippen LogP contribution < -0.4 is 5.01 Å². The van der Waals surface area contributed by atoms with Crippen LogP contribution in [0.1, 0.15) is 11.1 Å². The Hall–Kier alpha value is -2.93. The maximum Gasteiger partial charge on any atom is 0.282 e. The lowest BCUT2D eigenvalue weighted by molar-refractivity contribution is -0.114. The van der Waals surface area contributed by atoms with E-state index in [4.69, 9.17) is 16.7 Å². The normalized spacial score (nSPS) is 15.1. The molecule has 0 unspecified atom stereocenters. The number of para-hydroxylation sites is 1. The van der Waals surface area contributed by atoms with Gasteiger partial charge in [-0.3, -0.25) is 4.79 Å². The van der Waals surface area contributed by atoms with Crippen molar-refractivity contribution in [1.82, 2.24) is 4.98 Å². The molecule has 3 aromatic carbocycles. The van der Waals surface area contributed by atoms with E-state index < -0.39 is 0 Å². The smallest absolute Gasteiger partial charge is 0.267 e. The summed E-state index contributed by atoms with van der Waals surface area (Å²) in [6, 6.07) is 23.6. The number of thioether (sulfide) groups is 1. The van der Waals surface area contributed by atoms with Crippen LogP contribution in [0.2, 0.25) is 5.02 Å². The van der Waals surface area contributed by atoms with E-state index in [0.29, 0.717) is 21.5 Å². The summed E-state index contributed by atoms with van der Waals surface area (Å²) in [6.07, 6.45) is 1.91. The van der Waals surface area contributed by atoms with E-state index in [9.17, 15) is 4.79 Å². The molecule has 0 saturated carbocycles. The summed E-state index contributed by atoms with van der Waals surface area (Å²) in [7, 11) is 0. The molecule has 0 spiro atoms. The van der Waals surface area contributed by atoms with E-state index in [1.54, 1.807) is 11.8 Å². The quantitative estimate of drug-likeness (QED) is 0.234. The zero-order valence-electron chi connectivity index (χ0n) is 17.2. The van der Waals surface area contributed by atoms with Gasteiger partial charge in [0.2, 0.25) is 5.13 Å². The van der Waals surface area contributed by atoms with Gasteiger partial charge in [0.25, 0.3) is 5.91 Å². The third kappa shape index (κ3) is 4.35. The molecule has 1 amide bonds. The fraction of sp³-hybridized carbons (Fsp3) is 0.0800. The molecular weight excluding hydrogens is 458 g/mol. The second kappa shape index (κ2) is 8.90. The lowest BCUT2D eigenvalue weighted by Gasteiger charge is -2.06. The molecule has 0 radical (unpaired) electrons. The number of anilines is 1. The molecule has 4 nitrogen and oxygen atoms in total. The third-order valence-corrected chi connectivity index (χ3v) is 7.28. The Morgan fingerprint density at radius 1 is 1.03 bits per heavy atom. The highest BCUT2D eigenvalue weighted by Gasteiger charge is 2.33. The second-order valence-corrected chi connectivity index (χ2v) is 9.83. The van der Waals surface area contributed by atoms with Gasteiger partial charge in [0.05, 0.1) is 21.5 Å². The summed E-state index contributed by atoms with van der Waals surface area (Å²) in [5.74, 6) is 0.406. The first-order chi connectivity index (χ1) is 15.6. The summed E-state index contributed by atoms with van der Waals surface area (Å²) in [6.45, 7) is 2.04. The molecule has 158 valence electrons. The zero-order valence-corrected chi connectivity index (χ0v) is 19.5. The molecule has 0 atom stereocenters. The van der Waals surface area contributed by atoms with Crippen LogP contribution >= 0.6 is 34.7 Å². The lowest BCUT2D eigenvalue weighted by atomic mass is 10.1. The number of aryl methyl sites for hydroxylation is 1. The van der Waals surface area contributed by atoms with E-state index in [2.05, 4.69) is 4.98 Å². The number of hydrogen-bond donors (Lipinski definition) is 0. The van der Waals surface area contributed by atoms with Crippen molar-refractivity contribution < 1.29 is 4.79 Å². The van der Waals surface area contributed by atoms with Gasteiger partial charge in [0, 0.05) is 15.7 Å². The summed E-state index contributed by atoms with van der Waals surface area (Å²) in [5.41, 5.74) is 4.33. The third-order valence-electron chi connectivity index (χ3n) is 5.00. The van der Waals surface area contributed by atoms with Crippen LogP contribution in [0.25, 0.3) is 16.3 Å². The molecule has 0 N–H and O–H groups in total. The highest BCUT2D eigenvalue weighted by atomic mass is 35.5. The second-order valence-electron chi connectivity index (χ2n) is 7.34. The molecule has 1 aromatic heterocycles. The van der Waals surface area contributed by atoms with Gasteiger partial charge in [-0.15, -0.1) is 11.8 Å². The number of carbonyl (C=O) groups is 1. The molecule has 32 heavy (non-hydrogen) atoms. The van der Waals surface area contributed by atoms with Crippen LogP contribution in [0.4, 0.5) is 5.13 Å². The number of aromatic nitrogens is 1. The van der Waals surface area contributed by atoms with Gasteiger partial charge in [-0.2, -0.15) is 10.1 Å². The van der Waals surface area contributed by atoms with Crippen LogP contribution in [-0.4, -0.2) is 22.4 Å². The van der Waals surface area contributed by atoms with Gasteiger partial charge in [0.1, 0.15) is 0 Å². The Balaban J connectivity index is 1.49. The first-order valence-corrected chi connectivity index (χ1v) is 12.2. The Morgan fingerprint density at radius 2 is 1.78 bits per heavy atom. The Bertz CT molecular complexity index is 1330. The lowest BCUT2D eigenvalue weighted by Crippen LogP contribution is -2.21. The maximum absolute atomic E-state index is 13.4. The van der Waals surface area contributed by atoms with Gasteiger partial charge in [-0.1, -0.05) is 64.9 Å². The van der Waals surface area contributed by atoms with E-state index in [-0.39, 0.29) is 5.91 Å². The molecule has 1 aliphatic heterocycles. The van der Waals surface area contributed by atoms with Crippen molar-refractivity contribution in [3.8, 4) is 0 Å². The summed E-state index contributed by atoms with van der Waals surface area (Å²) in [5, 5.41) is 7.41. The summed E-state index contributed by atoms with van der Waals surface area (Å²) < 4.78 is 1.03. The first kappa shape index (κ1) is 20.9. The van der Waals surface area contributed by atoms with Crippen LogP contribution in [0.15, 0.2) is 88.4 Å². The number of thiazole rings is 1. The van der Waals surface area contributed by atoms with Crippen LogP contribution in [0.3, 0.4) is 0 Å². The average Bonchev–Trinajstić information content (AvgIpc) is 3.36. The summed E-state index contributed by atoms with van der Waals surface area (Å²) >= 11 is 9.09. The molecule has 0 fully saturated rings. The minimum Gasteiger partial charge on any atom is -0.267 e. The van der Waals surface area contributed by atoms with Gasteiger partial charge >= 0.3 is 0 Å². The molecule has 5 rings (SSSR count). The molecule has 1 aliphatic rings. The molecule has 0 aliphatic carbocycles. The van der Waals surface area contributed by atoms with Crippen LogP contribution in [0, 0.1) is 6.92 Å². The number of hydrogen-bond acceptors (Lipinski definition) is 5. The average molecular weight is 476 g/mol. The Morgan fingerprint density at radius 3 is 2.53 bits per heavy atom. The predicted molar refractivity (Wildman–Crippen MR) is 136 cm³/mol. The number of fused-ring (bicyclic) bond motifs is 1. The molecule has 0 saturated heterocycles. The molecule has 4 aromatic rings. The molecule has 2 heterocycles. The number of halogens is 1. The topological polar surface area (TPSA) is 45.6 Å². The number of rotatable bonds is 5. The van der Waals surface area contributed by atoms with E-state index in [0.717, 1.165) is 26.4 Å². The number of hydrazone groups is 1. The van der Waals surface area contributed by atoms with E-state index in [1.807, 2.05) is 85.8 Å². The Labute approximate surface area is 199 Å². The largest absolute Gasteiger partial charge is 0.282 e. The van der Waals surface area contributed by atoms with Crippen molar-refractivity contribution in [2.24, 2.45) is 5.10 Å². The van der Waals surface area contributed by atoms with Gasteiger partial charge < -0.3 is 0 Å². The highest BCUT2D eigenvalue weighted by Crippen LogP contribution is 2.33. The predicted octanol–water partition coefficient (Wildman–Crippen LogP) is 6.84. The number of benzene rings is 3. The monoisotopic (exact) mass is 475 g/mol. The van der Waals surface area contributed by atoms with Gasteiger partial charge in [0.15, 0.2) is 0 Å². The number of nitrogens with zero attached hydrogens (tertiary/aromatic N) is 3. The molecule has 7 heteroatoms. The fourth-order valence-corrected chi connectivity index (χ4v) is 5.19. The number of amides is 1. The highest BCUT2D eigenvalue weighted by molar-refractivity contribution is 8.00.